The summed E-state index contributed by atoms with van der Waals surface area (Å²) >= 11 is 0. The van der Waals surface area contributed by atoms with Gasteiger partial charge in [0.15, 0.2) is 0 Å². The van der Waals surface area contributed by atoms with Crippen molar-refractivity contribution in [1.29, 1.82) is 0 Å². The maximum absolute atomic E-state index is 12.0. The zero-order valence-corrected chi connectivity index (χ0v) is 12.4. The largest absolute Gasteiger partial charge is 0.356 e. The maximum atomic E-state index is 12.0. The molecule has 0 saturated carbocycles. The minimum Gasteiger partial charge on any atom is -0.356 e. The molecule has 1 atom stereocenters. The van der Waals surface area contributed by atoms with Gasteiger partial charge in [-0.25, -0.2) is 0 Å². The van der Waals surface area contributed by atoms with Gasteiger partial charge in [0.2, 0.25) is 11.8 Å². The maximum Gasteiger partial charge on any atom is 0.225 e. The highest BCUT2D eigenvalue weighted by molar-refractivity contribution is 5.89. The number of rotatable bonds is 8. The molecule has 2 N–H and O–H groups in total. The molecule has 0 spiro atoms. The lowest BCUT2D eigenvalue weighted by Gasteiger charge is -2.26. The molecule has 0 aromatic rings. The van der Waals surface area contributed by atoms with Crippen molar-refractivity contribution in [1.82, 2.24) is 15.5 Å². The molecule has 2 amide bonds. The average Bonchev–Trinajstić information content (AvgIpc) is 2.79. The van der Waals surface area contributed by atoms with E-state index in [4.69, 9.17) is 0 Å². The van der Waals surface area contributed by atoms with Crippen molar-refractivity contribution in [3.63, 3.8) is 0 Å². The second-order valence-electron chi connectivity index (χ2n) is 5.17. The first-order valence-electron chi connectivity index (χ1n) is 7.35. The molecular formula is C14H27N3O2. The Balaban J connectivity index is 2.40. The van der Waals surface area contributed by atoms with E-state index < -0.39 is 0 Å². The third-order valence-electron chi connectivity index (χ3n) is 3.82. The summed E-state index contributed by atoms with van der Waals surface area (Å²) in [7, 11) is 1.89. The summed E-state index contributed by atoms with van der Waals surface area (Å²) in [6, 6.07) is 0.287. The Morgan fingerprint density at radius 3 is 2.63 bits per heavy atom. The molecule has 1 fully saturated rings. The minimum absolute atomic E-state index is 0.0258. The zero-order valence-electron chi connectivity index (χ0n) is 12.4. The Hall–Kier alpha value is -1.10. The Labute approximate surface area is 116 Å². The third kappa shape index (κ3) is 4.49. The zero-order chi connectivity index (χ0) is 14.3. The fraction of sp³-hybridized carbons (Fsp3) is 0.857. The highest BCUT2D eigenvalue weighted by atomic mass is 16.2. The van der Waals surface area contributed by atoms with Crippen LogP contribution in [0.1, 0.15) is 39.5 Å². The Kier molecular flexibility index (Phi) is 6.84. The highest BCUT2D eigenvalue weighted by Crippen LogP contribution is 2.23. The molecule has 1 rings (SSSR count). The van der Waals surface area contributed by atoms with E-state index >= 15 is 0 Å². The molecule has 1 aliphatic heterocycles. The number of amides is 2. The molecule has 5 heteroatoms. The Morgan fingerprint density at radius 2 is 2.05 bits per heavy atom. The van der Waals surface area contributed by atoms with E-state index in [-0.39, 0.29) is 23.8 Å². The number of nitrogens with one attached hydrogen (secondary N) is 2. The Bertz CT molecular complexity index is 303. The van der Waals surface area contributed by atoms with Gasteiger partial charge in [0, 0.05) is 25.6 Å². The summed E-state index contributed by atoms with van der Waals surface area (Å²) < 4.78 is 0. The summed E-state index contributed by atoms with van der Waals surface area (Å²) in [6.45, 7) is 6.33. The Morgan fingerprint density at radius 1 is 1.37 bits per heavy atom. The van der Waals surface area contributed by atoms with Crippen LogP contribution >= 0.6 is 0 Å². The lowest BCUT2D eigenvalue weighted by molar-refractivity contribution is -0.130. The molecule has 0 radical (unpaired) electrons. The number of hydrogen-bond acceptors (Lipinski definition) is 3. The molecule has 0 bridgehead atoms. The van der Waals surface area contributed by atoms with Crippen molar-refractivity contribution in [2.45, 2.75) is 45.6 Å². The van der Waals surface area contributed by atoms with Crippen molar-refractivity contribution < 1.29 is 9.59 Å². The smallest absolute Gasteiger partial charge is 0.225 e. The van der Waals surface area contributed by atoms with Gasteiger partial charge in [-0.2, -0.15) is 0 Å². The van der Waals surface area contributed by atoms with Gasteiger partial charge in [-0.3, -0.25) is 9.59 Å². The molecule has 1 saturated heterocycles. The van der Waals surface area contributed by atoms with Crippen LogP contribution in [0.15, 0.2) is 0 Å². The first kappa shape index (κ1) is 16.0. The fourth-order valence-corrected chi connectivity index (χ4v) is 2.61. The van der Waals surface area contributed by atoms with Crippen molar-refractivity contribution in [2.24, 2.45) is 5.92 Å². The molecule has 1 unspecified atom stereocenters. The van der Waals surface area contributed by atoms with E-state index in [1.807, 2.05) is 11.9 Å². The van der Waals surface area contributed by atoms with Crippen LogP contribution in [0.2, 0.25) is 0 Å². The van der Waals surface area contributed by atoms with Gasteiger partial charge >= 0.3 is 0 Å². The molecular weight excluding hydrogens is 242 g/mol. The first-order chi connectivity index (χ1) is 9.13. The van der Waals surface area contributed by atoms with Gasteiger partial charge in [0.25, 0.3) is 0 Å². The van der Waals surface area contributed by atoms with E-state index in [0.717, 1.165) is 25.8 Å². The predicted octanol–water partition coefficient (Wildman–Crippen LogP) is 0.749. The second-order valence-corrected chi connectivity index (χ2v) is 5.17. The van der Waals surface area contributed by atoms with Crippen molar-refractivity contribution in [3.8, 4) is 0 Å². The molecule has 1 aliphatic rings. The quantitative estimate of drug-likeness (QED) is 0.639. The van der Waals surface area contributed by atoms with E-state index in [2.05, 4.69) is 24.5 Å². The summed E-state index contributed by atoms with van der Waals surface area (Å²) in [5.74, 6) is -0.00957. The topological polar surface area (TPSA) is 61.4 Å². The second kappa shape index (κ2) is 8.15. The highest BCUT2D eigenvalue weighted by Gasteiger charge is 2.36. The molecule has 0 aromatic heterocycles. The van der Waals surface area contributed by atoms with Crippen LogP contribution in [-0.2, 0) is 9.59 Å². The molecule has 1 heterocycles. The monoisotopic (exact) mass is 269 g/mol. The summed E-state index contributed by atoms with van der Waals surface area (Å²) in [6.07, 6.45) is 3.20. The molecule has 110 valence electrons. The summed E-state index contributed by atoms with van der Waals surface area (Å²) in [5.41, 5.74) is 0. The number of likely N-dealkylation sites (tertiary alicyclic amines) is 1. The van der Waals surface area contributed by atoms with Crippen LogP contribution in [0, 0.1) is 5.92 Å². The molecule has 0 aliphatic carbocycles. The van der Waals surface area contributed by atoms with Crippen molar-refractivity contribution in [3.05, 3.63) is 0 Å². The van der Waals surface area contributed by atoms with Gasteiger partial charge in [-0.15, -0.1) is 0 Å². The molecule has 5 nitrogen and oxygen atoms in total. The van der Waals surface area contributed by atoms with E-state index in [0.29, 0.717) is 19.5 Å². The number of hydrogen-bond donors (Lipinski definition) is 2. The minimum atomic E-state index is -0.164. The van der Waals surface area contributed by atoms with Gasteiger partial charge in [0.1, 0.15) is 0 Å². The summed E-state index contributed by atoms with van der Waals surface area (Å²) in [4.78, 5) is 25.8. The van der Waals surface area contributed by atoms with Crippen LogP contribution in [-0.4, -0.2) is 49.4 Å². The van der Waals surface area contributed by atoms with E-state index in [1.165, 1.54) is 0 Å². The van der Waals surface area contributed by atoms with Gasteiger partial charge < -0.3 is 15.5 Å². The van der Waals surface area contributed by atoms with Crippen LogP contribution in [0.4, 0.5) is 0 Å². The van der Waals surface area contributed by atoms with Crippen LogP contribution in [0.3, 0.4) is 0 Å². The first-order valence-corrected chi connectivity index (χ1v) is 7.35. The number of carbonyl (C=O) groups is 2. The van der Waals surface area contributed by atoms with Gasteiger partial charge in [-0.1, -0.05) is 13.8 Å². The van der Waals surface area contributed by atoms with Gasteiger partial charge in [0.05, 0.1) is 5.92 Å². The standard InChI is InChI=1S/C14H27N3O2/c1-4-12(5-2)17-10-11(9-13(17)18)14(19)16-8-6-7-15-3/h11-12,15H,4-10H2,1-3H3,(H,16,19). The van der Waals surface area contributed by atoms with Crippen molar-refractivity contribution in [2.75, 3.05) is 26.7 Å². The normalized spacial score (nSPS) is 19.3. The fourth-order valence-electron chi connectivity index (χ4n) is 2.61. The SMILES string of the molecule is CCC(CC)N1CC(C(=O)NCCCNC)CC1=O. The lowest BCUT2D eigenvalue weighted by Crippen LogP contribution is -2.38. The van der Waals surface area contributed by atoms with E-state index in [9.17, 15) is 9.59 Å². The van der Waals surface area contributed by atoms with Gasteiger partial charge in [-0.05, 0) is 32.9 Å². The lowest BCUT2D eigenvalue weighted by atomic mass is 10.1. The van der Waals surface area contributed by atoms with Crippen LogP contribution < -0.4 is 10.6 Å². The average molecular weight is 269 g/mol. The molecule has 0 aromatic carbocycles. The van der Waals surface area contributed by atoms with Crippen molar-refractivity contribution >= 4 is 11.8 Å². The predicted molar refractivity (Wildman–Crippen MR) is 75.7 cm³/mol. The van der Waals surface area contributed by atoms with Crippen LogP contribution in [0.5, 0.6) is 0 Å². The number of nitrogens with zero attached hydrogens (tertiary/aromatic N) is 1. The number of carbonyl (C=O) groups excluding carboxylic acids is 2. The van der Waals surface area contributed by atoms with E-state index in [1.54, 1.807) is 0 Å². The summed E-state index contributed by atoms with van der Waals surface area (Å²) in [5, 5.41) is 5.96. The van der Waals surface area contributed by atoms with Crippen LogP contribution in [0.25, 0.3) is 0 Å². The third-order valence-corrected chi connectivity index (χ3v) is 3.82. The molecule has 19 heavy (non-hydrogen) atoms.